The van der Waals surface area contributed by atoms with Crippen LogP contribution in [0.15, 0.2) is 65.1 Å². The number of aromatic nitrogens is 1. The third-order valence-electron chi connectivity index (χ3n) is 4.69. The second-order valence-corrected chi connectivity index (χ2v) is 8.16. The predicted molar refractivity (Wildman–Crippen MR) is 117 cm³/mol. The minimum absolute atomic E-state index is 0.248. The van der Waals surface area contributed by atoms with Crippen LogP contribution in [0, 0.1) is 0 Å². The molecule has 2 aromatic heterocycles. The molecule has 1 saturated carbocycles. The van der Waals surface area contributed by atoms with Crippen LogP contribution in [0.25, 0.3) is 11.1 Å². The standard InChI is InChI=1S/C22H18N4O3S/c27-20(23-15-8-9-17-16(12-15)25-21(29-17)13-6-7-13)18-10-11-19(30-18)26-22(28)24-14-4-2-1-3-5-14/h1-5,8-13H,6-7H2,(H,23,27)(H2,24,26,28). The number of oxazole rings is 1. The number of hydrogen-bond acceptors (Lipinski definition) is 5. The van der Waals surface area contributed by atoms with Crippen molar-refractivity contribution in [1.29, 1.82) is 0 Å². The molecule has 2 heterocycles. The van der Waals surface area contributed by atoms with Crippen molar-refractivity contribution in [3.63, 3.8) is 0 Å². The van der Waals surface area contributed by atoms with Gasteiger partial charge in [-0.1, -0.05) is 18.2 Å². The summed E-state index contributed by atoms with van der Waals surface area (Å²) in [6.45, 7) is 0. The van der Waals surface area contributed by atoms with E-state index in [0.29, 0.717) is 27.2 Å². The Hall–Kier alpha value is -3.65. The van der Waals surface area contributed by atoms with E-state index >= 15 is 0 Å². The molecule has 0 unspecified atom stereocenters. The molecule has 0 saturated heterocycles. The molecule has 0 atom stereocenters. The van der Waals surface area contributed by atoms with E-state index in [1.807, 2.05) is 30.3 Å². The van der Waals surface area contributed by atoms with E-state index in [-0.39, 0.29) is 11.9 Å². The highest BCUT2D eigenvalue weighted by Crippen LogP contribution is 2.40. The molecule has 1 fully saturated rings. The minimum atomic E-state index is -0.363. The summed E-state index contributed by atoms with van der Waals surface area (Å²) < 4.78 is 5.75. The molecular weight excluding hydrogens is 400 g/mol. The number of para-hydroxylation sites is 1. The number of nitrogens with zero attached hydrogens (tertiary/aromatic N) is 1. The Kier molecular flexibility index (Phi) is 4.68. The second-order valence-electron chi connectivity index (χ2n) is 7.07. The van der Waals surface area contributed by atoms with Crippen LogP contribution in [0.2, 0.25) is 0 Å². The first-order valence-corrected chi connectivity index (χ1v) is 10.4. The molecule has 5 rings (SSSR count). The third kappa shape index (κ3) is 4.04. The molecule has 3 amide bonds. The first kappa shape index (κ1) is 18.4. The van der Waals surface area contributed by atoms with Gasteiger partial charge >= 0.3 is 6.03 Å². The van der Waals surface area contributed by atoms with Gasteiger partial charge in [0.15, 0.2) is 11.5 Å². The van der Waals surface area contributed by atoms with E-state index in [1.54, 1.807) is 30.3 Å². The molecular formula is C22H18N4O3S. The number of benzene rings is 2. The zero-order valence-corrected chi connectivity index (χ0v) is 16.7. The monoisotopic (exact) mass is 418 g/mol. The summed E-state index contributed by atoms with van der Waals surface area (Å²) in [4.78, 5) is 29.7. The summed E-state index contributed by atoms with van der Waals surface area (Å²) in [7, 11) is 0. The van der Waals surface area contributed by atoms with Gasteiger partial charge in [0.05, 0.1) is 9.88 Å². The third-order valence-corrected chi connectivity index (χ3v) is 5.69. The lowest BCUT2D eigenvalue weighted by atomic mass is 10.3. The van der Waals surface area contributed by atoms with Crippen LogP contribution in [0.3, 0.4) is 0 Å². The van der Waals surface area contributed by atoms with Gasteiger partial charge in [-0.3, -0.25) is 10.1 Å². The number of carbonyl (C=O) groups is 2. The Morgan fingerprint density at radius 2 is 1.77 bits per heavy atom. The zero-order chi connectivity index (χ0) is 20.5. The molecule has 0 spiro atoms. The van der Waals surface area contributed by atoms with E-state index in [0.717, 1.165) is 29.8 Å². The molecule has 0 aliphatic heterocycles. The first-order valence-electron chi connectivity index (χ1n) is 9.59. The number of carbonyl (C=O) groups excluding carboxylic acids is 2. The molecule has 7 nitrogen and oxygen atoms in total. The van der Waals surface area contributed by atoms with Gasteiger partial charge in [0.25, 0.3) is 5.91 Å². The predicted octanol–water partition coefficient (Wildman–Crippen LogP) is 5.66. The molecule has 0 bridgehead atoms. The van der Waals surface area contributed by atoms with E-state index in [4.69, 9.17) is 4.42 Å². The van der Waals surface area contributed by atoms with Crippen molar-refractivity contribution in [3.8, 4) is 0 Å². The highest BCUT2D eigenvalue weighted by molar-refractivity contribution is 7.18. The molecule has 2 aromatic carbocycles. The summed E-state index contributed by atoms with van der Waals surface area (Å²) in [6, 6.07) is 17.6. The fraction of sp³-hybridized carbons (Fsp3) is 0.136. The Morgan fingerprint density at radius 3 is 2.57 bits per heavy atom. The number of nitrogens with one attached hydrogen (secondary N) is 3. The van der Waals surface area contributed by atoms with Crippen molar-refractivity contribution < 1.29 is 14.0 Å². The lowest BCUT2D eigenvalue weighted by Crippen LogP contribution is -2.18. The summed E-state index contributed by atoms with van der Waals surface area (Å²) in [5.74, 6) is 0.963. The van der Waals surface area contributed by atoms with Crippen molar-refractivity contribution in [2.45, 2.75) is 18.8 Å². The maximum Gasteiger partial charge on any atom is 0.324 e. The molecule has 4 aromatic rings. The normalized spacial score (nSPS) is 13.2. The topological polar surface area (TPSA) is 96.3 Å². The maximum atomic E-state index is 12.6. The van der Waals surface area contributed by atoms with E-state index in [9.17, 15) is 9.59 Å². The Morgan fingerprint density at radius 1 is 0.933 bits per heavy atom. The van der Waals surface area contributed by atoms with Gasteiger partial charge in [0.2, 0.25) is 0 Å². The molecule has 30 heavy (non-hydrogen) atoms. The van der Waals surface area contributed by atoms with Crippen LogP contribution in [0.5, 0.6) is 0 Å². The number of thiophene rings is 1. The molecule has 0 radical (unpaired) electrons. The fourth-order valence-corrected chi connectivity index (χ4v) is 3.84. The number of rotatable bonds is 5. The summed E-state index contributed by atoms with van der Waals surface area (Å²) in [5.41, 5.74) is 2.80. The molecule has 8 heteroatoms. The van der Waals surface area contributed by atoms with Crippen molar-refractivity contribution in [1.82, 2.24) is 4.98 Å². The minimum Gasteiger partial charge on any atom is -0.440 e. The van der Waals surface area contributed by atoms with Crippen molar-refractivity contribution in [3.05, 3.63) is 71.4 Å². The van der Waals surface area contributed by atoms with E-state index < -0.39 is 0 Å². The van der Waals surface area contributed by atoms with Gasteiger partial charge in [-0.25, -0.2) is 9.78 Å². The van der Waals surface area contributed by atoms with E-state index in [2.05, 4.69) is 20.9 Å². The summed E-state index contributed by atoms with van der Waals surface area (Å²) >= 11 is 1.20. The van der Waals surface area contributed by atoms with Crippen molar-refractivity contribution in [2.24, 2.45) is 0 Å². The van der Waals surface area contributed by atoms with Crippen LogP contribution >= 0.6 is 11.3 Å². The number of anilines is 3. The van der Waals surface area contributed by atoms with Crippen LogP contribution in [-0.4, -0.2) is 16.9 Å². The first-order chi connectivity index (χ1) is 14.6. The number of amides is 3. The van der Waals surface area contributed by atoms with Crippen molar-refractivity contribution >= 4 is 50.8 Å². The van der Waals surface area contributed by atoms with Gasteiger partial charge < -0.3 is 15.1 Å². The largest absolute Gasteiger partial charge is 0.440 e. The van der Waals surface area contributed by atoms with Gasteiger partial charge in [-0.2, -0.15) is 0 Å². The second kappa shape index (κ2) is 7.64. The van der Waals surface area contributed by atoms with Crippen LogP contribution in [0.4, 0.5) is 21.2 Å². The number of fused-ring (bicyclic) bond motifs is 1. The Balaban J connectivity index is 1.23. The van der Waals surface area contributed by atoms with Gasteiger partial charge in [-0.05, 0) is 55.3 Å². The number of urea groups is 1. The maximum absolute atomic E-state index is 12.6. The molecule has 1 aliphatic carbocycles. The average Bonchev–Trinajstić information content (AvgIpc) is 3.34. The quantitative estimate of drug-likeness (QED) is 0.389. The summed E-state index contributed by atoms with van der Waals surface area (Å²) in [5, 5.41) is 8.93. The van der Waals surface area contributed by atoms with Gasteiger partial charge in [-0.15, -0.1) is 11.3 Å². The van der Waals surface area contributed by atoms with Crippen LogP contribution in [0.1, 0.15) is 34.3 Å². The Bertz CT molecular complexity index is 1230. The SMILES string of the molecule is O=C(Nc1ccccc1)Nc1ccc(C(=O)Nc2ccc3oc(C4CC4)nc3c2)s1. The molecule has 1 aliphatic rings. The Labute approximate surface area is 176 Å². The lowest BCUT2D eigenvalue weighted by Gasteiger charge is -2.05. The average molecular weight is 418 g/mol. The zero-order valence-electron chi connectivity index (χ0n) is 15.8. The van der Waals surface area contributed by atoms with Crippen LogP contribution < -0.4 is 16.0 Å². The lowest BCUT2D eigenvalue weighted by molar-refractivity contribution is 0.103. The van der Waals surface area contributed by atoms with Gasteiger partial charge in [0, 0.05) is 17.3 Å². The van der Waals surface area contributed by atoms with Crippen LogP contribution in [-0.2, 0) is 0 Å². The highest BCUT2D eigenvalue weighted by atomic mass is 32.1. The summed E-state index contributed by atoms with van der Waals surface area (Å²) in [6.07, 6.45) is 2.24. The smallest absolute Gasteiger partial charge is 0.324 e. The number of hydrogen-bond donors (Lipinski definition) is 3. The van der Waals surface area contributed by atoms with E-state index in [1.165, 1.54) is 11.3 Å². The van der Waals surface area contributed by atoms with Gasteiger partial charge in [0.1, 0.15) is 5.52 Å². The highest BCUT2D eigenvalue weighted by Gasteiger charge is 2.28. The molecule has 150 valence electrons. The molecule has 3 N–H and O–H groups in total. The van der Waals surface area contributed by atoms with Crippen molar-refractivity contribution in [2.75, 3.05) is 16.0 Å². The fourth-order valence-electron chi connectivity index (χ4n) is 3.04.